The van der Waals surface area contributed by atoms with E-state index in [2.05, 4.69) is 14.6 Å². The molecule has 1 heterocycles. The third-order valence-electron chi connectivity index (χ3n) is 4.45. The van der Waals surface area contributed by atoms with Crippen LogP contribution in [0.3, 0.4) is 0 Å². The Labute approximate surface area is 150 Å². The number of aromatic nitrogens is 3. The van der Waals surface area contributed by atoms with Crippen LogP contribution in [-0.2, 0) is 13.2 Å². The van der Waals surface area contributed by atoms with Crippen molar-refractivity contribution in [3.05, 3.63) is 44.9 Å². The van der Waals surface area contributed by atoms with Gasteiger partial charge in [0.1, 0.15) is 6.33 Å². The van der Waals surface area contributed by atoms with Gasteiger partial charge in [-0.15, -0.1) is 0 Å². The smallest absolute Gasteiger partial charge is 0.199 e. The summed E-state index contributed by atoms with van der Waals surface area (Å²) in [7, 11) is 0. The molecule has 0 unspecified atom stereocenters. The van der Waals surface area contributed by atoms with Crippen molar-refractivity contribution in [2.24, 2.45) is 0 Å². The Morgan fingerprint density at radius 2 is 1.96 bits per heavy atom. The van der Waals surface area contributed by atoms with E-state index in [9.17, 15) is 0 Å². The van der Waals surface area contributed by atoms with Gasteiger partial charge in [0.05, 0.1) is 16.7 Å². The lowest BCUT2D eigenvalue weighted by molar-refractivity contribution is 0.186. The van der Waals surface area contributed by atoms with Crippen LogP contribution < -0.4 is 0 Å². The molecule has 1 aromatic carbocycles. The van der Waals surface area contributed by atoms with Crippen LogP contribution in [0.25, 0.3) is 0 Å². The van der Waals surface area contributed by atoms with Crippen molar-refractivity contribution in [1.29, 1.82) is 0 Å². The van der Waals surface area contributed by atoms with E-state index >= 15 is 0 Å². The fourth-order valence-corrected chi connectivity index (χ4v) is 3.45. The first-order valence-electron chi connectivity index (χ1n) is 7.94. The highest BCUT2D eigenvalue weighted by molar-refractivity contribution is 7.71. The van der Waals surface area contributed by atoms with Gasteiger partial charge in [-0.05, 0) is 55.6 Å². The van der Waals surface area contributed by atoms with Gasteiger partial charge in [-0.25, -0.2) is 4.68 Å². The fourth-order valence-electron chi connectivity index (χ4n) is 2.83. The second-order valence-electron chi connectivity index (χ2n) is 6.42. The Kier molecular flexibility index (Phi) is 4.22. The average molecular weight is 369 g/mol. The molecule has 2 aliphatic carbocycles. The molecule has 0 spiro atoms. The van der Waals surface area contributed by atoms with Gasteiger partial charge in [-0.3, -0.25) is 4.90 Å². The summed E-state index contributed by atoms with van der Waals surface area (Å²) in [6, 6.07) is 7.02. The molecule has 2 saturated carbocycles. The maximum absolute atomic E-state index is 6.13. The number of rotatable bonds is 6. The largest absolute Gasteiger partial charge is 0.303 e. The maximum atomic E-state index is 6.13. The number of hydrogen-bond acceptors (Lipinski definition) is 3. The van der Waals surface area contributed by atoms with E-state index in [-0.39, 0.29) is 0 Å². The second-order valence-corrected chi connectivity index (χ2v) is 7.60. The summed E-state index contributed by atoms with van der Waals surface area (Å²) in [4.78, 5) is 2.42. The molecule has 0 aliphatic heterocycles. The van der Waals surface area contributed by atoms with Crippen molar-refractivity contribution in [3.63, 3.8) is 0 Å². The Hall–Kier alpha value is -0.880. The van der Waals surface area contributed by atoms with Crippen LogP contribution in [0, 0.1) is 4.77 Å². The van der Waals surface area contributed by atoms with E-state index in [1.807, 2.05) is 29.2 Å². The molecular formula is C16H18Cl2N4S. The summed E-state index contributed by atoms with van der Waals surface area (Å²) in [5, 5.41) is 5.69. The van der Waals surface area contributed by atoms with Crippen LogP contribution in [0.5, 0.6) is 0 Å². The topological polar surface area (TPSA) is 26.0 Å². The number of hydrogen-bond donors (Lipinski definition) is 0. The highest BCUT2D eigenvalue weighted by Gasteiger charge is 2.30. The zero-order valence-electron chi connectivity index (χ0n) is 12.7. The van der Waals surface area contributed by atoms with Gasteiger partial charge in [0, 0.05) is 18.6 Å². The first-order valence-corrected chi connectivity index (χ1v) is 9.10. The molecule has 7 heteroatoms. The van der Waals surface area contributed by atoms with Crippen molar-refractivity contribution in [2.75, 3.05) is 0 Å². The predicted octanol–water partition coefficient (Wildman–Crippen LogP) is 4.68. The minimum absolute atomic E-state index is 0.570. The van der Waals surface area contributed by atoms with Crippen LogP contribution in [-0.4, -0.2) is 25.3 Å². The van der Waals surface area contributed by atoms with E-state index < -0.39 is 0 Å². The van der Waals surface area contributed by atoms with E-state index in [1.54, 1.807) is 0 Å². The Morgan fingerprint density at radius 3 is 2.61 bits per heavy atom. The fraction of sp³-hybridized carbons (Fsp3) is 0.500. The molecule has 4 nitrogen and oxygen atoms in total. The van der Waals surface area contributed by atoms with Crippen molar-refractivity contribution >= 4 is 35.4 Å². The summed E-state index contributed by atoms with van der Waals surface area (Å²) < 4.78 is 4.88. The van der Waals surface area contributed by atoms with Crippen LogP contribution in [0.4, 0.5) is 0 Å². The molecule has 122 valence electrons. The molecule has 0 N–H and O–H groups in total. The maximum Gasteiger partial charge on any atom is 0.199 e. The number of halogens is 2. The Morgan fingerprint density at radius 1 is 1.17 bits per heavy atom. The molecule has 2 aliphatic rings. The summed E-state index contributed by atoms with van der Waals surface area (Å²) in [5.41, 5.74) is 1.17. The monoisotopic (exact) mass is 368 g/mol. The minimum atomic E-state index is 0.570. The quantitative estimate of drug-likeness (QED) is 0.692. The van der Waals surface area contributed by atoms with Crippen LogP contribution in [0.1, 0.15) is 37.3 Å². The molecule has 1 aromatic heterocycles. The van der Waals surface area contributed by atoms with Crippen molar-refractivity contribution in [2.45, 2.75) is 51.0 Å². The highest BCUT2D eigenvalue weighted by Crippen LogP contribution is 2.35. The van der Waals surface area contributed by atoms with E-state index in [0.29, 0.717) is 22.1 Å². The van der Waals surface area contributed by atoms with Gasteiger partial charge >= 0.3 is 0 Å². The van der Waals surface area contributed by atoms with Crippen LogP contribution >= 0.6 is 35.4 Å². The lowest BCUT2D eigenvalue weighted by Gasteiger charge is -2.22. The van der Waals surface area contributed by atoms with Crippen LogP contribution in [0.15, 0.2) is 24.5 Å². The lowest BCUT2D eigenvalue weighted by atomic mass is 10.2. The molecule has 0 amide bonds. The molecule has 0 atom stereocenters. The van der Waals surface area contributed by atoms with Crippen molar-refractivity contribution in [1.82, 2.24) is 19.2 Å². The number of benzene rings is 1. The van der Waals surface area contributed by atoms with Gasteiger partial charge < -0.3 is 4.57 Å². The predicted molar refractivity (Wildman–Crippen MR) is 94.3 cm³/mol. The first kappa shape index (κ1) is 15.6. The lowest BCUT2D eigenvalue weighted by Crippen LogP contribution is -2.29. The third kappa shape index (κ3) is 3.48. The molecule has 2 aromatic rings. The zero-order chi connectivity index (χ0) is 16.0. The molecule has 23 heavy (non-hydrogen) atoms. The normalized spacial score (nSPS) is 17.9. The van der Waals surface area contributed by atoms with Gasteiger partial charge in [-0.2, -0.15) is 5.10 Å². The van der Waals surface area contributed by atoms with E-state index in [0.717, 1.165) is 18.0 Å². The molecule has 4 rings (SSSR count). The standard InChI is InChI=1S/C16H18Cl2N4S/c17-14-6-1-11(7-15(14)18)8-20(12-2-3-12)10-22-16(23)21(9-19-22)13-4-5-13/h1,6-7,9,12-13H,2-5,8,10H2. The van der Waals surface area contributed by atoms with Gasteiger partial charge in [0.2, 0.25) is 0 Å². The Bertz CT molecular complexity index is 777. The molecule has 0 saturated heterocycles. The van der Waals surface area contributed by atoms with Gasteiger partial charge in [-0.1, -0.05) is 29.3 Å². The summed E-state index contributed by atoms with van der Waals surface area (Å²) in [6.45, 7) is 1.56. The second kappa shape index (κ2) is 6.20. The zero-order valence-corrected chi connectivity index (χ0v) is 15.0. The summed E-state index contributed by atoms with van der Waals surface area (Å²) in [5.74, 6) is 0. The van der Waals surface area contributed by atoms with Crippen molar-refractivity contribution < 1.29 is 0 Å². The summed E-state index contributed by atoms with van der Waals surface area (Å²) >= 11 is 17.7. The van der Waals surface area contributed by atoms with E-state index in [1.165, 1.54) is 31.2 Å². The summed E-state index contributed by atoms with van der Waals surface area (Å²) in [6.07, 6.45) is 6.78. The minimum Gasteiger partial charge on any atom is -0.303 e. The van der Waals surface area contributed by atoms with Gasteiger partial charge in [0.15, 0.2) is 4.77 Å². The first-order chi connectivity index (χ1) is 11.1. The molecule has 0 bridgehead atoms. The molecule has 2 fully saturated rings. The average Bonchev–Trinajstić information content (AvgIpc) is 3.43. The Balaban J connectivity index is 1.52. The van der Waals surface area contributed by atoms with Crippen molar-refractivity contribution in [3.8, 4) is 0 Å². The number of nitrogens with zero attached hydrogens (tertiary/aromatic N) is 4. The SMILES string of the molecule is S=c1n(C2CC2)cnn1CN(Cc1ccc(Cl)c(Cl)c1)C1CC1. The highest BCUT2D eigenvalue weighted by atomic mass is 35.5. The van der Waals surface area contributed by atoms with E-state index in [4.69, 9.17) is 35.4 Å². The molecule has 0 radical (unpaired) electrons. The van der Waals surface area contributed by atoms with Gasteiger partial charge in [0.25, 0.3) is 0 Å². The third-order valence-corrected chi connectivity index (χ3v) is 5.61. The molecular weight excluding hydrogens is 351 g/mol. The van der Waals surface area contributed by atoms with Crippen LogP contribution in [0.2, 0.25) is 10.0 Å².